The molecule has 0 atom stereocenters. The Labute approximate surface area is 157 Å². The summed E-state index contributed by atoms with van der Waals surface area (Å²) >= 11 is 6.27. The Kier molecular flexibility index (Phi) is 3.55. The SMILES string of the molecule is Clc1ccc2c(c1)c1ccccc1n2-c1cccc(-c2ccccc2)c1. The monoisotopic (exact) mass is 353 g/mol. The molecule has 0 aliphatic carbocycles. The number of rotatable bonds is 2. The molecular formula is C24H16ClN. The molecule has 5 rings (SSSR count). The van der Waals surface area contributed by atoms with E-state index in [2.05, 4.69) is 89.5 Å². The molecule has 5 aromatic rings. The lowest BCUT2D eigenvalue weighted by Crippen LogP contribution is -1.94. The van der Waals surface area contributed by atoms with Gasteiger partial charge in [0.05, 0.1) is 11.0 Å². The number of nitrogens with zero attached hydrogens (tertiary/aromatic N) is 1. The van der Waals surface area contributed by atoms with E-state index in [1.807, 2.05) is 12.1 Å². The molecule has 1 heterocycles. The highest BCUT2D eigenvalue weighted by Gasteiger charge is 2.12. The van der Waals surface area contributed by atoms with Crippen molar-refractivity contribution in [3.05, 3.63) is 102 Å². The van der Waals surface area contributed by atoms with Crippen molar-refractivity contribution in [1.82, 2.24) is 4.57 Å². The zero-order valence-electron chi connectivity index (χ0n) is 14.1. The zero-order valence-corrected chi connectivity index (χ0v) is 14.8. The van der Waals surface area contributed by atoms with E-state index >= 15 is 0 Å². The van der Waals surface area contributed by atoms with Gasteiger partial charge in [-0.1, -0.05) is 72.3 Å². The normalized spacial score (nSPS) is 11.3. The van der Waals surface area contributed by atoms with Crippen LogP contribution in [0.3, 0.4) is 0 Å². The van der Waals surface area contributed by atoms with Crippen LogP contribution in [0.5, 0.6) is 0 Å². The molecule has 0 bridgehead atoms. The molecule has 0 saturated heterocycles. The maximum atomic E-state index is 6.27. The molecule has 124 valence electrons. The van der Waals surface area contributed by atoms with E-state index in [0.717, 1.165) is 10.7 Å². The number of fused-ring (bicyclic) bond motifs is 3. The highest BCUT2D eigenvalue weighted by molar-refractivity contribution is 6.32. The first-order valence-electron chi connectivity index (χ1n) is 8.66. The van der Waals surface area contributed by atoms with Gasteiger partial charge in [-0.15, -0.1) is 0 Å². The molecule has 0 fully saturated rings. The average Bonchev–Trinajstić information content (AvgIpc) is 3.02. The molecule has 0 N–H and O–H groups in total. The summed E-state index contributed by atoms with van der Waals surface area (Å²) in [5.41, 5.74) is 5.94. The number of benzene rings is 4. The summed E-state index contributed by atoms with van der Waals surface area (Å²) in [6.07, 6.45) is 0. The minimum atomic E-state index is 0.762. The van der Waals surface area contributed by atoms with Crippen molar-refractivity contribution in [3.8, 4) is 16.8 Å². The smallest absolute Gasteiger partial charge is 0.0542 e. The molecular weight excluding hydrogens is 338 g/mol. The van der Waals surface area contributed by atoms with Gasteiger partial charge in [0.2, 0.25) is 0 Å². The molecule has 0 spiro atoms. The minimum absolute atomic E-state index is 0.762. The predicted octanol–water partition coefficient (Wildman–Crippen LogP) is 7.10. The van der Waals surface area contributed by atoms with Gasteiger partial charge in [0.1, 0.15) is 0 Å². The Morgan fingerprint density at radius 3 is 2.15 bits per heavy atom. The number of para-hydroxylation sites is 1. The van der Waals surface area contributed by atoms with E-state index < -0.39 is 0 Å². The van der Waals surface area contributed by atoms with Crippen LogP contribution in [-0.2, 0) is 0 Å². The largest absolute Gasteiger partial charge is 0.309 e. The Balaban J connectivity index is 1.82. The fraction of sp³-hybridized carbons (Fsp3) is 0. The molecule has 26 heavy (non-hydrogen) atoms. The lowest BCUT2D eigenvalue weighted by atomic mass is 10.1. The summed E-state index contributed by atoms with van der Waals surface area (Å²) in [4.78, 5) is 0. The lowest BCUT2D eigenvalue weighted by molar-refractivity contribution is 1.18. The lowest BCUT2D eigenvalue weighted by Gasteiger charge is -2.10. The van der Waals surface area contributed by atoms with Gasteiger partial charge in [0.25, 0.3) is 0 Å². The van der Waals surface area contributed by atoms with Crippen LogP contribution in [-0.4, -0.2) is 4.57 Å². The number of halogens is 1. The zero-order chi connectivity index (χ0) is 17.5. The molecule has 0 saturated carbocycles. The van der Waals surface area contributed by atoms with Crippen LogP contribution < -0.4 is 0 Å². The van der Waals surface area contributed by atoms with E-state index in [9.17, 15) is 0 Å². The molecule has 0 amide bonds. The van der Waals surface area contributed by atoms with Crippen LogP contribution in [0.15, 0.2) is 97.1 Å². The van der Waals surface area contributed by atoms with Crippen molar-refractivity contribution < 1.29 is 0 Å². The first kappa shape index (κ1) is 15.2. The van der Waals surface area contributed by atoms with Crippen molar-refractivity contribution in [2.75, 3.05) is 0 Å². The minimum Gasteiger partial charge on any atom is -0.309 e. The van der Waals surface area contributed by atoms with Crippen molar-refractivity contribution in [2.45, 2.75) is 0 Å². The van der Waals surface area contributed by atoms with Crippen LogP contribution >= 0.6 is 11.6 Å². The Morgan fingerprint density at radius 2 is 1.27 bits per heavy atom. The van der Waals surface area contributed by atoms with E-state index in [1.54, 1.807) is 0 Å². The summed E-state index contributed by atoms with van der Waals surface area (Å²) in [7, 11) is 0. The molecule has 2 heteroatoms. The van der Waals surface area contributed by atoms with E-state index in [0.29, 0.717) is 0 Å². The van der Waals surface area contributed by atoms with Crippen LogP contribution in [0.2, 0.25) is 5.02 Å². The summed E-state index contributed by atoms with van der Waals surface area (Å²) in [6, 6.07) is 33.8. The maximum absolute atomic E-state index is 6.27. The predicted molar refractivity (Wildman–Crippen MR) is 111 cm³/mol. The average molecular weight is 354 g/mol. The molecule has 1 nitrogen and oxygen atoms in total. The van der Waals surface area contributed by atoms with Crippen molar-refractivity contribution in [1.29, 1.82) is 0 Å². The number of hydrogen-bond donors (Lipinski definition) is 0. The third kappa shape index (κ3) is 2.40. The van der Waals surface area contributed by atoms with E-state index in [1.165, 1.54) is 32.9 Å². The number of hydrogen-bond acceptors (Lipinski definition) is 0. The summed E-state index contributed by atoms with van der Waals surface area (Å²) in [6.45, 7) is 0. The molecule has 4 aromatic carbocycles. The van der Waals surface area contributed by atoms with Gasteiger partial charge >= 0.3 is 0 Å². The third-order valence-corrected chi connectivity index (χ3v) is 5.08. The van der Waals surface area contributed by atoms with Gasteiger partial charge < -0.3 is 4.57 Å². The Hall–Kier alpha value is -3.03. The van der Waals surface area contributed by atoms with Crippen molar-refractivity contribution >= 4 is 33.4 Å². The summed E-state index contributed by atoms with van der Waals surface area (Å²) < 4.78 is 2.31. The van der Waals surface area contributed by atoms with Gasteiger partial charge in [0.15, 0.2) is 0 Å². The van der Waals surface area contributed by atoms with Crippen LogP contribution in [0.4, 0.5) is 0 Å². The van der Waals surface area contributed by atoms with Gasteiger partial charge in [0, 0.05) is 21.5 Å². The van der Waals surface area contributed by atoms with Gasteiger partial charge in [-0.25, -0.2) is 0 Å². The first-order chi connectivity index (χ1) is 12.8. The van der Waals surface area contributed by atoms with Gasteiger partial charge in [-0.3, -0.25) is 0 Å². The fourth-order valence-corrected chi connectivity index (χ4v) is 3.85. The highest BCUT2D eigenvalue weighted by Crippen LogP contribution is 2.34. The standard InChI is InChI=1S/C24H16ClN/c25-19-13-14-24-22(16-19)21-11-4-5-12-23(21)26(24)20-10-6-9-18(15-20)17-7-2-1-3-8-17/h1-16H. The van der Waals surface area contributed by atoms with Crippen LogP contribution in [0, 0.1) is 0 Å². The maximum Gasteiger partial charge on any atom is 0.0542 e. The fourth-order valence-electron chi connectivity index (χ4n) is 3.68. The van der Waals surface area contributed by atoms with Crippen molar-refractivity contribution in [3.63, 3.8) is 0 Å². The van der Waals surface area contributed by atoms with Crippen LogP contribution in [0.1, 0.15) is 0 Å². The molecule has 1 aromatic heterocycles. The molecule has 0 aliphatic rings. The van der Waals surface area contributed by atoms with Crippen molar-refractivity contribution in [2.24, 2.45) is 0 Å². The molecule has 0 radical (unpaired) electrons. The third-order valence-electron chi connectivity index (χ3n) is 4.85. The molecule has 0 unspecified atom stereocenters. The summed E-state index contributed by atoms with van der Waals surface area (Å²) in [5, 5.41) is 3.16. The van der Waals surface area contributed by atoms with E-state index in [4.69, 9.17) is 11.6 Å². The summed E-state index contributed by atoms with van der Waals surface area (Å²) in [5.74, 6) is 0. The van der Waals surface area contributed by atoms with Gasteiger partial charge in [-0.05, 0) is 47.5 Å². The highest BCUT2D eigenvalue weighted by atomic mass is 35.5. The number of aromatic nitrogens is 1. The first-order valence-corrected chi connectivity index (χ1v) is 9.04. The second-order valence-electron chi connectivity index (χ2n) is 6.43. The molecule has 0 aliphatic heterocycles. The quantitative estimate of drug-likeness (QED) is 0.319. The van der Waals surface area contributed by atoms with Gasteiger partial charge in [-0.2, -0.15) is 0 Å². The topological polar surface area (TPSA) is 4.93 Å². The second kappa shape index (κ2) is 6.05. The second-order valence-corrected chi connectivity index (χ2v) is 6.87. The Morgan fingerprint density at radius 1 is 0.538 bits per heavy atom. The van der Waals surface area contributed by atoms with Crippen LogP contribution in [0.25, 0.3) is 38.6 Å². The Bertz CT molecular complexity index is 1240. The van der Waals surface area contributed by atoms with E-state index in [-0.39, 0.29) is 0 Å².